The normalized spacial score (nSPS) is 36.2. The Balaban J connectivity index is 2.52. The summed E-state index contributed by atoms with van der Waals surface area (Å²) in [5.41, 5.74) is 0. The molecule has 11 heavy (non-hydrogen) atoms. The van der Waals surface area contributed by atoms with Gasteiger partial charge in [-0.05, 0) is 12.8 Å². The van der Waals surface area contributed by atoms with Gasteiger partial charge >= 0.3 is 0 Å². The molecule has 0 heterocycles. The number of halogens is 1. The summed E-state index contributed by atoms with van der Waals surface area (Å²) in [5, 5.41) is -0.627. The summed E-state index contributed by atoms with van der Waals surface area (Å²) in [5.74, 6) is 0. The fourth-order valence-electron chi connectivity index (χ4n) is 1.46. The molecule has 1 fully saturated rings. The van der Waals surface area contributed by atoms with Crippen molar-refractivity contribution in [1.29, 1.82) is 0 Å². The highest BCUT2D eigenvalue weighted by Gasteiger charge is 2.27. The molecule has 0 aromatic rings. The minimum Gasteiger partial charge on any atom is -0.306 e. The van der Waals surface area contributed by atoms with Crippen molar-refractivity contribution in [3.8, 4) is 0 Å². The van der Waals surface area contributed by atoms with Gasteiger partial charge < -0.3 is 4.55 Å². The third-order valence-corrected chi connectivity index (χ3v) is 3.18. The fraction of sp³-hybridized carbons (Fsp3) is 1.00. The maximum Gasteiger partial charge on any atom is 0.158 e. The van der Waals surface area contributed by atoms with Gasteiger partial charge in [0, 0.05) is 0 Å². The Morgan fingerprint density at radius 1 is 1.27 bits per heavy atom. The van der Waals surface area contributed by atoms with Crippen LogP contribution in [0.4, 0.5) is 4.39 Å². The smallest absolute Gasteiger partial charge is 0.158 e. The van der Waals surface area contributed by atoms with Crippen molar-refractivity contribution in [2.75, 3.05) is 0 Å². The van der Waals surface area contributed by atoms with E-state index in [0.717, 1.165) is 19.3 Å². The molecule has 0 aromatic heterocycles. The second-order valence-corrected chi connectivity index (χ2v) is 4.13. The number of alkyl halides is 1. The van der Waals surface area contributed by atoms with E-state index in [4.69, 9.17) is 4.55 Å². The molecule has 0 saturated heterocycles. The van der Waals surface area contributed by atoms with Gasteiger partial charge in [-0.1, -0.05) is 19.3 Å². The Morgan fingerprint density at radius 2 is 1.91 bits per heavy atom. The lowest BCUT2D eigenvalue weighted by Crippen LogP contribution is -2.25. The molecule has 1 aliphatic rings. The van der Waals surface area contributed by atoms with Crippen molar-refractivity contribution in [1.82, 2.24) is 0 Å². The van der Waals surface area contributed by atoms with Crippen molar-refractivity contribution in [2.24, 2.45) is 0 Å². The van der Waals surface area contributed by atoms with Crippen LogP contribution in [0, 0.1) is 0 Å². The lowest BCUT2D eigenvalue weighted by atomic mass is 10.2. The standard InChI is InChI=1S/C7H13FO2S/c8-6-4-2-1-3-5-7(6)11(9)10/h6-7H,1-5H2,(H,9,10). The molecular formula is C7H13FO2S. The van der Waals surface area contributed by atoms with E-state index in [2.05, 4.69) is 0 Å². The van der Waals surface area contributed by atoms with Gasteiger partial charge in [0.15, 0.2) is 11.1 Å². The summed E-state index contributed by atoms with van der Waals surface area (Å²) in [6.45, 7) is 0. The monoisotopic (exact) mass is 180 g/mol. The highest BCUT2D eigenvalue weighted by Crippen LogP contribution is 2.23. The molecule has 0 bridgehead atoms. The van der Waals surface area contributed by atoms with Crippen molar-refractivity contribution < 1.29 is 13.2 Å². The molecule has 1 N–H and O–H groups in total. The largest absolute Gasteiger partial charge is 0.306 e. The highest BCUT2D eigenvalue weighted by molar-refractivity contribution is 7.79. The van der Waals surface area contributed by atoms with E-state index in [1.807, 2.05) is 0 Å². The average molecular weight is 180 g/mol. The zero-order valence-corrected chi connectivity index (χ0v) is 7.15. The van der Waals surface area contributed by atoms with E-state index >= 15 is 0 Å². The molecule has 0 aromatic carbocycles. The minimum absolute atomic E-state index is 0.455. The maximum atomic E-state index is 13.0. The van der Waals surface area contributed by atoms with Crippen LogP contribution in [0.15, 0.2) is 0 Å². The van der Waals surface area contributed by atoms with Gasteiger partial charge in [0.2, 0.25) is 0 Å². The Labute approximate surface area is 68.5 Å². The summed E-state index contributed by atoms with van der Waals surface area (Å²) in [6, 6.07) is 0. The van der Waals surface area contributed by atoms with Gasteiger partial charge in [0.25, 0.3) is 0 Å². The fourth-order valence-corrected chi connectivity index (χ4v) is 2.21. The van der Waals surface area contributed by atoms with Crippen molar-refractivity contribution in [3.05, 3.63) is 0 Å². The van der Waals surface area contributed by atoms with E-state index < -0.39 is 22.5 Å². The van der Waals surface area contributed by atoms with Crippen LogP contribution >= 0.6 is 0 Å². The van der Waals surface area contributed by atoms with Gasteiger partial charge in [-0.2, -0.15) is 0 Å². The van der Waals surface area contributed by atoms with E-state index in [9.17, 15) is 8.60 Å². The quantitative estimate of drug-likeness (QED) is 0.494. The zero-order valence-electron chi connectivity index (χ0n) is 6.33. The molecular weight excluding hydrogens is 167 g/mol. The minimum atomic E-state index is -1.97. The molecule has 0 amide bonds. The Hall–Kier alpha value is 0.0400. The van der Waals surface area contributed by atoms with E-state index in [1.54, 1.807) is 0 Å². The summed E-state index contributed by atoms with van der Waals surface area (Å²) in [7, 11) is 0. The van der Waals surface area contributed by atoms with Crippen molar-refractivity contribution >= 4 is 11.1 Å². The predicted octanol–water partition coefficient (Wildman–Crippen LogP) is 1.88. The van der Waals surface area contributed by atoms with Crippen LogP contribution < -0.4 is 0 Å². The second-order valence-electron chi connectivity index (χ2n) is 2.97. The molecule has 1 rings (SSSR count). The molecule has 66 valence electrons. The highest BCUT2D eigenvalue weighted by atomic mass is 32.2. The predicted molar refractivity (Wildman–Crippen MR) is 42.5 cm³/mol. The van der Waals surface area contributed by atoms with Gasteiger partial charge in [-0.25, -0.2) is 8.60 Å². The molecule has 0 spiro atoms. The van der Waals surface area contributed by atoms with Crippen LogP contribution in [0.25, 0.3) is 0 Å². The topological polar surface area (TPSA) is 37.3 Å². The van der Waals surface area contributed by atoms with Crippen molar-refractivity contribution in [2.45, 2.75) is 43.5 Å². The van der Waals surface area contributed by atoms with Gasteiger partial charge in [0.05, 0.1) is 5.25 Å². The molecule has 1 saturated carbocycles. The van der Waals surface area contributed by atoms with Crippen LogP contribution in [0.5, 0.6) is 0 Å². The Bertz CT molecular complexity index is 151. The molecule has 1 aliphatic carbocycles. The number of rotatable bonds is 1. The molecule has 0 aliphatic heterocycles. The first-order valence-corrected chi connectivity index (χ1v) is 5.12. The van der Waals surface area contributed by atoms with Gasteiger partial charge in [-0.15, -0.1) is 0 Å². The van der Waals surface area contributed by atoms with E-state index in [0.29, 0.717) is 12.8 Å². The molecule has 0 radical (unpaired) electrons. The Morgan fingerprint density at radius 3 is 2.55 bits per heavy atom. The summed E-state index contributed by atoms with van der Waals surface area (Å²) in [6.07, 6.45) is 2.69. The lowest BCUT2D eigenvalue weighted by molar-refractivity contribution is 0.299. The zero-order chi connectivity index (χ0) is 8.27. The van der Waals surface area contributed by atoms with Crippen LogP contribution in [0.3, 0.4) is 0 Å². The van der Waals surface area contributed by atoms with E-state index in [-0.39, 0.29) is 0 Å². The summed E-state index contributed by atoms with van der Waals surface area (Å²) < 4.78 is 32.3. The van der Waals surface area contributed by atoms with Crippen LogP contribution in [0.1, 0.15) is 32.1 Å². The van der Waals surface area contributed by atoms with E-state index in [1.165, 1.54) is 0 Å². The van der Waals surface area contributed by atoms with Gasteiger partial charge in [0.1, 0.15) is 6.17 Å². The van der Waals surface area contributed by atoms with Crippen LogP contribution in [-0.4, -0.2) is 20.2 Å². The molecule has 2 nitrogen and oxygen atoms in total. The first-order valence-electron chi connectivity index (χ1n) is 3.95. The number of hydrogen-bond acceptors (Lipinski definition) is 1. The third-order valence-electron chi connectivity index (χ3n) is 2.13. The third kappa shape index (κ3) is 2.52. The first-order chi connectivity index (χ1) is 5.22. The summed E-state index contributed by atoms with van der Waals surface area (Å²) >= 11 is -1.97. The molecule has 3 atom stereocenters. The second kappa shape index (κ2) is 4.16. The van der Waals surface area contributed by atoms with Crippen molar-refractivity contribution in [3.63, 3.8) is 0 Å². The number of hydrogen-bond donors (Lipinski definition) is 1. The molecule has 4 heteroatoms. The molecule has 3 unspecified atom stereocenters. The maximum absolute atomic E-state index is 13.0. The Kier molecular flexibility index (Phi) is 3.45. The summed E-state index contributed by atoms with van der Waals surface area (Å²) in [4.78, 5) is 0. The van der Waals surface area contributed by atoms with Crippen LogP contribution in [-0.2, 0) is 11.1 Å². The van der Waals surface area contributed by atoms with Gasteiger partial charge in [-0.3, -0.25) is 0 Å². The van der Waals surface area contributed by atoms with Crippen LogP contribution in [0.2, 0.25) is 0 Å². The average Bonchev–Trinajstić information content (AvgIpc) is 2.13. The lowest BCUT2D eigenvalue weighted by Gasteiger charge is -2.12. The SMILES string of the molecule is O=S(O)C1CCCCCC1F. The first kappa shape index (κ1) is 9.13.